The second-order valence-corrected chi connectivity index (χ2v) is 5.47. The maximum Gasteiger partial charge on any atom is 0.119 e. The third-order valence-corrected chi connectivity index (χ3v) is 4.54. The van der Waals surface area contributed by atoms with Crippen LogP contribution in [0.15, 0.2) is 36.0 Å². The summed E-state index contributed by atoms with van der Waals surface area (Å²) < 4.78 is 5.38. The monoisotopic (exact) mass is 243 g/mol. The molecule has 2 aliphatic rings. The first-order valence-electron chi connectivity index (χ1n) is 6.82. The van der Waals surface area contributed by atoms with Crippen molar-refractivity contribution in [2.45, 2.75) is 31.1 Å². The molecule has 1 fully saturated rings. The Kier molecular flexibility index (Phi) is 2.81. The molecule has 18 heavy (non-hydrogen) atoms. The van der Waals surface area contributed by atoms with Gasteiger partial charge in [0.1, 0.15) is 5.75 Å². The number of methoxy groups -OCH3 is 1. The van der Waals surface area contributed by atoms with E-state index in [0.29, 0.717) is 0 Å². The lowest BCUT2D eigenvalue weighted by molar-refractivity contribution is 0.399. The lowest BCUT2D eigenvalue weighted by Gasteiger charge is -2.35. The van der Waals surface area contributed by atoms with E-state index in [0.717, 1.165) is 5.75 Å². The average molecular weight is 243 g/mol. The van der Waals surface area contributed by atoms with Crippen molar-refractivity contribution in [2.24, 2.45) is 0 Å². The van der Waals surface area contributed by atoms with Crippen LogP contribution in [0.5, 0.6) is 5.75 Å². The van der Waals surface area contributed by atoms with Gasteiger partial charge in [0.15, 0.2) is 0 Å². The van der Waals surface area contributed by atoms with E-state index >= 15 is 0 Å². The Balaban J connectivity index is 2.07. The largest absolute Gasteiger partial charge is 0.497 e. The fourth-order valence-corrected chi connectivity index (χ4v) is 3.58. The highest BCUT2D eigenvalue weighted by Gasteiger charge is 2.43. The van der Waals surface area contributed by atoms with E-state index in [2.05, 4.69) is 36.2 Å². The van der Waals surface area contributed by atoms with Crippen molar-refractivity contribution in [2.75, 3.05) is 20.7 Å². The Morgan fingerprint density at radius 1 is 1.28 bits per heavy atom. The van der Waals surface area contributed by atoms with Gasteiger partial charge in [-0.25, -0.2) is 0 Å². The molecule has 2 nitrogen and oxygen atoms in total. The number of likely N-dealkylation sites (tertiary alicyclic amines) is 1. The third kappa shape index (κ3) is 1.63. The smallest absolute Gasteiger partial charge is 0.119 e. The van der Waals surface area contributed by atoms with Gasteiger partial charge >= 0.3 is 0 Å². The van der Waals surface area contributed by atoms with Crippen molar-refractivity contribution >= 4 is 0 Å². The van der Waals surface area contributed by atoms with E-state index < -0.39 is 0 Å². The number of hydrogen-bond acceptors (Lipinski definition) is 2. The molecule has 1 aromatic rings. The molecule has 3 rings (SSSR count). The number of nitrogens with zero attached hydrogens (tertiary/aromatic N) is 1. The summed E-state index contributed by atoms with van der Waals surface area (Å²) >= 11 is 0. The number of hydrogen-bond donors (Lipinski definition) is 0. The number of ether oxygens (including phenoxy) is 1. The van der Waals surface area contributed by atoms with Crippen molar-refractivity contribution < 1.29 is 4.74 Å². The molecule has 0 N–H and O–H groups in total. The number of rotatable bonds is 2. The zero-order valence-electron chi connectivity index (χ0n) is 11.3. The summed E-state index contributed by atoms with van der Waals surface area (Å²) in [5, 5.41) is 0. The van der Waals surface area contributed by atoms with Crippen LogP contribution in [0.4, 0.5) is 0 Å². The zero-order chi connectivity index (χ0) is 12.6. The minimum absolute atomic E-state index is 0.252. The number of fused-ring (bicyclic) bond motifs is 1. The molecular formula is C16H21NO. The molecule has 0 spiro atoms. The van der Waals surface area contributed by atoms with Crippen molar-refractivity contribution in [1.82, 2.24) is 4.90 Å². The van der Waals surface area contributed by atoms with E-state index in [1.165, 1.54) is 43.5 Å². The predicted molar refractivity (Wildman–Crippen MR) is 73.9 cm³/mol. The second-order valence-electron chi connectivity index (χ2n) is 5.47. The minimum Gasteiger partial charge on any atom is -0.497 e. The number of benzene rings is 1. The van der Waals surface area contributed by atoms with Crippen LogP contribution in [0.2, 0.25) is 0 Å². The average Bonchev–Trinajstić information content (AvgIpc) is 2.78. The molecule has 1 heterocycles. The Labute approximate surface area is 109 Å². The van der Waals surface area contributed by atoms with Gasteiger partial charge in [-0.15, -0.1) is 0 Å². The molecule has 0 aromatic heterocycles. The summed E-state index contributed by atoms with van der Waals surface area (Å²) in [5.41, 5.74) is 3.21. The molecule has 0 saturated carbocycles. The van der Waals surface area contributed by atoms with Crippen LogP contribution in [0.1, 0.15) is 31.2 Å². The van der Waals surface area contributed by atoms with E-state index in [9.17, 15) is 0 Å². The molecule has 0 amide bonds. The Hall–Kier alpha value is -1.44. The third-order valence-electron chi connectivity index (χ3n) is 4.54. The molecule has 1 aromatic carbocycles. The van der Waals surface area contributed by atoms with Crippen molar-refractivity contribution in [3.8, 4) is 5.75 Å². The van der Waals surface area contributed by atoms with Crippen LogP contribution in [-0.4, -0.2) is 25.6 Å². The fourth-order valence-electron chi connectivity index (χ4n) is 3.58. The van der Waals surface area contributed by atoms with E-state index in [1.807, 2.05) is 6.07 Å². The number of allylic oxidation sites excluding steroid dienone is 2. The zero-order valence-corrected chi connectivity index (χ0v) is 11.3. The molecule has 1 atom stereocenters. The molecule has 0 radical (unpaired) electrons. The standard InChI is InChI=1S/C16H21NO/c1-17-11-10-16(9-4-3-8-15(16)17)13-6-5-7-14(12-13)18-2/h5-8,12H,3-4,9-11H2,1-2H3. The molecule has 0 bridgehead atoms. The topological polar surface area (TPSA) is 12.5 Å². The molecule has 1 aliphatic heterocycles. The summed E-state index contributed by atoms with van der Waals surface area (Å²) in [5.74, 6) is 0.973. The summed E-state index contributed by atoms with van der Waals surface area (Å²) in [6.07, 6.45) is 7.48. The molecule has 1 unspecified atom stereocenters. The Morgan fingerprint density at radius 2 is 2.17 bits per heavy atom. The van der Waals surface area contributed by atoms with Gasteiger partial charge in [0, 0.05) is 24.7 Å². The highest BCUT2D eigenvalue weighted by Crippen LogP contribution is 2.49. The lowest BCUT2D eigenvalue weighted by atomic mass is 9.70. The van der Waals surface area contributed by atoms with Gasteiger partial charge in [-0.1, -0.05) is 18.2 Å². The van der Waals surface area contributed by atoms with Crippen LogP contribution < -0.4 is 4.74 Å². The van der Waals surface area contributed by atoms with Gasteiger partial charge in [0.2, 0.25) is 0 Å². The summed E-state index contributed by atoms with van der Waals surface area (Å²) in [7, 11) is 3.97. The quantitative estimate of drug-likeness (QED) is 0.790. The van der Waals surface area contributed by atoms with E-state index in [1.54, 1.807) is 7.11 Å². The maximum atomic E-state index is 5.38. The van der Waals surface area contributed by atoms with Gasteiger partial charge < -0.3 is 9.64 Å². The van der Waals surface area contributed by atoms with Gasteiger partial charge in [-0.05, 0) is 43.4 Å². The molecule has 96 valence electrons. The van der Waals surface area contributed by atoms with E-state index in [4.69, 9.17) is 4.74 Å². The van der Waals surface area contributed by atoms with Crippen LogP contribution in [0.25, 0.3) is 0 Å². The van der Waals surface area contributed by atoms with Gasteiger partial charge in [0.25, 0.3) is 0 Å². The first kappa shape index (κ1) is 11.6. The van der Waals surface area contributed by atoms with Crippen molar-refractivity contribution in [3.63, 3.8) is 0 Å². The fraction of sp³-hybridized carbons (Fsp3) is 0.500. The van der Waals surface area contributed by atoms with Crippen molar-refractivity contribution in [3.05, 3.63) is 41.6 Å². The Bertz CT molecular complexity index is 480. The van der Waals surface area contributed by atoms with Crippen LogP contribution in [0.3, 0.4) is 0 Å². The summed E-state index contributed by atoms with van der Waals surface area (Å²) in [6.45, 7) is 1.17. The van der Waals surface area contributed by atoms with Crippen LogP contribution >= 0.6 is 0 Å². The molecule has 1 aliphatic carbocycles. The first-order valence-corrected chi connectivity index (χ1v) is 6.82. The predicted octanol–water partition coefficient (Wildman–Crippen LogP) is 3.34. The summed E-state index contributed by atoms with van der Waals surface area (Å²) in [4.78, 5) is 2.43. The molecule has 2 heteroatoms. The van der Waals surface area contributed by atoms with Crippen LogP contribution in [-0.2, 0) is 5.41 Å². The van der Waals surface area contributed by atoms with E-state index in [-0.39, 0.29) is 5.41 Å². The molecular weight excluding hydrogens is 222 g/mol. The molecule has 1 saturated heterocycles. The van der Waals surface area contributed by atoms with Gasteiger partial charge in [-0.2, -0.15) is 0 Å². The number of likely N-dealkylation sites (N-methyl/N-ethyl adjacent to an activating group) is 1. The maximum absolute atomic E-state index is 5.38. The highest BCUT2D eigenvalue weighted by atomic mass is 16.5. The second kappa shape index (κ2) is 4.34. The minimum atomic E-state index is 0.252. The lowest BCUT2D eigenvalue weighted by Crippen LogP contribution is -2.29. The Morgan fingerprint density at radius 3 is 3.00 bits per heavy atom. The van der Waals surface area contributed by atoms with Gasteiger partial charge in [-0.3, -0.25) is 0 Å². The van der Waals surface area contributed by atoms with Crippen LogP contribution in [0, 0.1) is 0 Å². The van der Waals surface area contributed by atoms with Gasteiger partial charge in [0.05, 0.1) is 7.11 Å². The van der Waals surface area contributed by atoms with Crippen molar-refractivity contribution in [1.29, 1.82) is 0 Å². The SMILES string of the molecule is COc1cccc(C23CCCC=C2N(C)CC3)c1. The highest BCUT2D eigenvalue weighted by molar-refractivity contribution is 5.43. The first-order chi connectivity index (χ1) is 8.76. The summed E-state index contributed by atoms with van der Waals surface area (Å²) in [6, 6.07) is 8.64. The normalized spacial score (nSPS) is 26.8.